The molecule has 0 unspecified atom stereocenters. The number of hydrazine groups is 1. The number of para-hydroxylation sites is 1. The first-order valence-electron chi connectivity index (χ1n) is 3.33. The molecule has 13 heavy (non-hydrogen) atoms. The summed E-state index contributed by atoms with van der Waals surface area (Å²) in [6.07, 6.45) is -4.58. The Balaban J connectivity index is 2.60. The second-order valence-corrected chi connectivity index (χ2v) is 2.23. The van der Waals surface area contributed by atoms with Crippen molar-refractivity contribution in [1.29, 1.82) is 0 Å². The molecule has 0 radical (unpaired) electrons. The van der Waals surface area contributed by atoms with E-state index in [1.54, 1.807) is 5.43 Å². The zero-order chi connectivity index (χ0) is 9.90. The molecule has 1 rings (SSSR count). The smallest absolute Gasteiger partial charge is 0.312 e. The summed E-state index contributed by atoms with van der Waals surface area (Å²) in [6, 6.07) is 5.05. The van der Waals surface area contributed by atoms with E-state index in [-0.39, 0.29) is 5.69 Å². The van der Waals surface area contributed by atoms with Crippen LogP contribution in [0.5, 0.6) is 0 Å². The van der Waals surface area contributed by atoms with Crippen LogP contribution >= 0.6 is 0 Å². The minimum Gasteiger partial charge on any atom is -0.312 e. The van der Waals surface area contributed by atoms with E-state index >= 15 is 0 Å². The average Bonchev–Trinajstić information content (AvgIpc) is 2.01. The third-order valence-corrected chi connectivity index (χ3v) is 1.21. The molecule has 0 saturated carbocycles. The number of hydrogen-bond acceptors (Lipinski definition) is 2. The summed E-state index contributed by atoms with van der Waals surface area (Å²) in [6.45, 7) is 0. The summed E-state index contributed by atoms with van der Waals surface area (Å²) in [5, 5.41) is 0. The molecule has 72 valence electrons. The molecule has 6 heteroatoms. The maximum absolute atomic E-state index is 12.7. The average molecular weight is 194 g/mol. The van der Waals surface area contributed by atoms with Gasteiger partial charge in [-0.15, -0.1) is 5.43 Å². The van der Waals surface area contributed by atoms with E-state index in [1.165, 1.54) is 18.2 Å². The normalized spacial score (nSPS) is 11.4. The van der Waals surface area contributed by atoms with Gasteiger partial charge in [-0.25, -0.2) is 4.39 Å². The van der Waals surface area contributed by atoms with Gasteiger partial charge in [-0.3, -0.25) is 0 Å². The van der Waals surface area contributed by atoms with Crippen molar-refractivity contribution in [2.45, 2.75) is 6.30 Å². The van der Waals surface area contributed by atoms with Gasteiger partial charge in [0.25, 0.3) is 0 Å². The van der Waals surface area contributed by atoms with Crippen LogP contribution in [-0.2, 0) is 0 Å². The first-order chi connectivity index (χ1) is 5.99. The topological polar surface area (TPSA) is 24.1 Å². The Morgan fingerprint density at radius 1 is 1.08 bits per heavy atom. The first kappa shape index (κ1) is 9.79. The molecule has 0 aliphatic heterocycles. The van der Waals surface area contributed by atoms with E-state index in [0.29, 0.717) is 0 Å². The third-order valence-electron chi connectivity index (χ3n) is 1.21. The van der Waals surface area contributed by atoms with Gasteiger partial charge in [0.2, 0.25) is 0 Å². The summed E-state index contributed by atoms with van der Waals surface area (Å²) in [5.41, 5.74) is 2.44. The van der Waals surface area contributed by atoms with Crippen LogP contribution in [0.2, 0.25) is 0 Å². The molecule has 0 heterocycles. The molecule has 0 aromatic heterocycles. The number of hydrogen-bond donors (Lipinski definition) is 2. The zero-order valence-electron chi connectivity index (χ0n) is 6.32. The Bertz CT molecular complexity index is 284. The summed E-state index contributed by atoms with van der Waals surface area (Å²) in [5.74, 6) is -0.751. The highest BCUT2D eigenvalue weighted by atomic mass is 19.4. The van der Waals surface area contributed by atoms with E-state index < -0.39 is 12.1 Å². The van der Waals surface area contributed by atoms with Crippen molar-refractivity contribution in [3.8, 4) is 0 Å². The van der Waals surface area contributed by atoms with Crippen molar-refractivity contribution in [3.05, 3.63) is 30.1 Å². The molecule has 0 bridgehead atoms. The largest absolute Gasteiger partial charge is 0.474 e. The molecule has 0 atom stereocenters. The predicted molar refractivity (Wildman–Crippen MR) is 39.2 cm³/mol. The second kappa shape index (κ2) is 3.61. The fourth-order valence-electron chi connectivity index (χ4n) is 0.701. The van der Waals surface area contributed by atoms with E-state index in [4.69, 9.17) is 0 Å². The first-order valence-corrected chi connectivity index (χ1v) is 3.33. The van der Waals surface area contributed by atoms with Crippen LogP contribution in [-0.4, -0.2) is 6.30 Å². The van der Waals surface area contributed by atoms with E-state index in [0.717, 1.165) is 11.5 Å². The number of rotatable bonds is 2. The molecule has 1 aromatic rings. The predicted octanol–water partition coefficient (Wildman–Crippen LogP) is 2.26. The molecule has 0 aliphatic carbocycles. The van der Waals surface area contributed by atoms with Gasteiger partial charge in [0.15, 0.2) is 0 Å². The Kier molecular flexibility index (Phi) is 2.72. The highest BCUT2D eigenvalue weighted by Crippen LogP contribution is 2.14. The molecule has 0 fully saturated rings. The van der Waals surface area contributed by atoms with Gasteiger partial charge in [-0.1, -0.05) is 12.1 Å². The molecular weight excluding hydrogens is 188 g/mol. The molecular formula is C7H6F4N2. The number of anilines is 1. The van der Waals surface area contributed by atoms with Crippen molar-refractivity contribution in [3.63, 3.8) is 0 Å². The Hall–Kier alpha value is -1.30. The van der Waals surface area contributed by atoms with Gasteiger partial charge in [-0.2, -0.15) is 13.2 Å². The van der Waals surface area contributed by atoms with Crippen LogP contribution in [0.4, 0.5) is 23.2 Å². The van der Waals surface area contributed by atoms with Crippen LogP contribution in [0.25, 0.3) is 0 Å². The minimum absolute atomic E-state index is 0.250. The quantitative estimate of drug-likeness (QED) is 0.428. The summed E-state index contributed by atoms with van der Waals surface area (Å²) < 4.78 is 47.4. The fraction of sp³-hybridized carbons (Fsp3) is 0.143. The van der Waals surface area contributed by atoms with Crippen LogP contribution in [0.1, 0.15) is 0 Å². The van der Waals surface area contributed by atoms with E-state index in [1.807, 2.05) is 0 Å². The third kappa shape index (κ3) is 3.29. The van der Waals surface area contributed by atoms with Gasteiger partial charge in [-0.05, 0) is 12.1 Å². The highest BCUT2D eigenvalue weighted by Gasteiger charge is 2.26. The Morgan fingerprint density at radius 3 is 2.23 bits per heavy atom. The van der Waals surface area contributed by atoms with E-state index in [9.17, 15) is 17.6 Å². The highest BCUT2D eigenvalue weighted by molar-refractivity contribution is 5.43. The molecule has 1 aromatic carbocycles. The number of alkyl halides is 3. The number of benzene rings is 1. The number of nitrogens with one attached hydrogen (secondary N) is 2. The fourth-order valence-corrected chi connectivity index (χ4v) is 0.701. The lowest BCUT2D eigenvalue weighted by atomic mass is 10.3. The standard InChI is InChI=1S/C7H6F4N2/c8-5-3-1-2-4-6(5)12-13-7(9,10)11/h1-4,12-13H. The van der Waals surface area contributed by atoms with Crippen molar-refractivity contribution in [2.24, 2.45) is 0 Å². The molecule has 0 amide bonds. The molecule has 0 saturated heterocycles. The van der Waals surface area contributed by atoms with E-state index in [2.05, 4.69) is 0 Å². The van der Waals surface area contributed by atoms with Crippen molar-refractivity contribution in [1.82, 2.24) is 5.43 Å². The van der Waals surface area contributed by atoms with Crippen LogP contribution in [0.3, 0.4) is 0 Å². The SMILES string of the molecule is Fc1ccccc1NNC(F)(F)F. The van der Waals surface area contributed by atoms with Crippen molar-refractivity contribution < 1.29 is 17.6 Å². The minimum atomic E-state index is -4.58. The van der Waals surface area contributed by atoms with Gasteiger partial charge < -0.3 is 5.43 Å². The molecule has 2 nitrogen and oxygen atoms in total. The Labute approximate surface area is 71.5 Å². The van der Waals surface area contributed by atoms with Crippen LogP contribution < -0.4 is 10.9 Å². The maximum atomic E-state index is 12.7. The maximum Gasteiger partial charge on any atom is 0.474 e. The summed E-state index contributed by atoms with van der Waals surface area (Å²) >= 11 is 0. The molecule has 0 spiro atoms. The van der Waals surface area contributed by atoms with Gasteiger partial charge in [0, 0.05) is 0 Å². The monoisotopic (exact) mass is 194 g/mol. The molecule has 2 N–H and O–H groups in total. The summed E-state index contributed by atoms with van der Waals surface area (Å²) in [7, 11) is 0. The van der Waals surface area contributed by atoms with Crippen molar-refractivity contribution >= 4 is 5.69 Å². The lowest BCUT2D eigenvalue weighted by Crippen LogP contribution is -2.36. The van der Waals surface area contributed by atoms with Gasteiger partial charge in [0.1, 0.15) is 5.82 Å². The van der Waals surface area contributed by atoms with Crippen LogP contribution in [0.15, 0.2) is 24.3 Å². The zero-order valence-corrected chi connectivity index (χ0v) is 6.32. The lowest BCUT2D eigenvalue weighted by molar-refractivity contribution is -0.151. The summed E-state index contributed by atoms with van der Waals surface area (Å²) in [4.78, 5) is 0. The van der Waals surface area contributed by atoms with Crippen LogP contribution in [0, 0.1) is 5.82 Å². The number of halogens is 4. The Morgan fingerprint density at radius 2 is 1.69 bits per heavy atom. The van der Waals surface area contributed by atoms with Gasteiger partial charge in [0.05, 0.1) is 5.69 Å². The molecule has 0 aliphatic rings. The lowest BCUT2D eigenvalue weighted by Gasteiger charge is -2.11. The van der Waals surface area contributed by atoms with Gasteiger partial charge >= 0.3 is 6.30 Å². The second-order valence-electron chi connectivity index (χ2n) is 2.23. The van der Waals surface area contributed by atoms with Crippen molar-refractivity contribution in [2.75, 3.05) is 5.43 Å².